The second kappa shape index (κ2) is 9.72. The van der Waals surface area contributed by atoms with E-state index in [0.717, 1.165) is 38.0 Å². The van der Waals surface area contributed by atoms with E-state index in [1.807, 2.05) is 12.1 Å². The van der Waals surface area contributed by atoms with Gasteiger partial charge in [0.15, 0.2) is 11.5 Å². The minimum absolute atomic E-state index is 0. The van der Waals surface area contributed by atoms with Crippen LogP contribution in [-0.2, 0) is 6.54 Å². The fourth-order valence-electron chi connectivity index (χ4n) is 2.20. The van der Waals surface area contributed by atoms with Crippen LogP contribution in [0.25, 0.3) is 0 Å². The Hall–Kier alpha value is -1.13. The molecule has 0 atom stereocenters. The molecule has 20 heavy (non-hydrogen) atoms. The van der Waals surface area contributed by atoms with E-state index in [1.54, 1.807) is 14.2 Å². The third kappa shape index (κ3) is 5.10. The summed E-state index contributed by atoms with van der Waals surface area (Å²) in [4.78, 5) is 2.39. The highest BCUT2D eigenvalue weighted by Crippen LogP contribution is 2.37. The van der Waals surface area contributed by atoms with Gasteiger partial charge in [-0.3, -0.25) is 4.90 Å². The van der Waals surface area contributed by atoms with Crippen molar-refractivity contribution in [3.05, 3.63) is 17.7 Å². The minimum Gasteiger partial charge on any atom is -0.502 e. The van der Waals surface area contributed by atoms with Gasteiger partial charge < -0.3 is 14.6 Å². The third-order valence-electron chi connectivity index (χ3n) is 3.03. The lowest BCUT2D eigenvalue weighted by molar-refractivity contribution is 0.265. The van der Waals surface area contributed by atoms with Crippen LogP contribution in [0.2, 0.25) is 0 Å². The number of hydrogen-bond acceptors (Lipinski definition) is 4. The fraction of sp³-hybridized carbons (Fsp3) is 0.600. The molecule has 5 heteroatoms. The van der Waals surface area contributed by atoms with Crippen molar-refractivity contribution in [2.24, 2.45) is 0 Å². The second-order valence-electron chi connectivity index (χ2n) is 4.63. The van der Waals surface area contributed by atoms with E-state index in [0.29, 0.717) is 11.5 Å². The lowest BCUT2D eigenvalue weighted by atomic mass is 10.1. The summed E-state index contributed by atoms with van der Waals surface area (Å²) in [5.41, 5.74) is 1.09. The lowest BCUT2D eigenvalue weighted by Gasteiger charge is -2.21. The molecule has 1 rings (SSSR count). The summed E-state index contributed by atoms with van der Waals surface area (Å²) in [7, 11) is 3.10. The molecule has 0 radical (unpaired) electrons. The number of nitrogens with zero attached hydrogens (tertiary/aromatic N) is 1. The van der Waals surface area contributed by atoms with E-state index in [1.165, 1.54) is 0 Å². The molecule has 0 aliphatic rings. The van der Waals surface area contributed by atoms with Crippen LogP contribution >= 0.6 is 12.4 Å². The van der Waals surface area contributed by atoms with Gasteiger partial charge in [-0.1, -0.05) is 13.8 Å². The molecule has 0 saturated heterocycles. The molecule has 0 saturated carbocycles. The van der Waals surface area contributed by atoms with Crippen LogP contribution in [0.15, 0.2) is 12.1 Å². The number of phenols is 1. The predicted octanol–water partition coefficient (Wildman–Crippen LogP) is 3.45. The molecule has 0 aliphatic heterocycles. The van der Waals surface area contributed by atoms with Gasteiger partial charge >= 0.3 is 0 Å². The summed E-state index contributed by atoms with van der Waals surface area (Å²) in [5, 5.41) is 9.89. The van der Waals surface area contributed by atoms with E-state index in [-0.39, 0.29) is 18.2 Å². The number of rotatable bonds is 8. The minimum atomic E-state index is 0. The summed E-state index contributed by atoms with van der Waals surface area (Å²) in [6.45, 7) is 7.34. The van der Waals surface area contributed by atoms with Crippen LogP contribution in [0, 0.1) is 0 Å². The van der Waals surface area contributed by atoms with Crippen molar-refractivity contribution in [3.8, 4) is 17.2 Å². The Morgan fingerprint density at radius 3 is 1.80 bits per heavy atom. The summed E-state index contributed by atoms with van der Waals surface area (Å²) < 4.78 is 10.4. The highest BCUT2D eigenvalue weighted by Gasteiger charge is 2.13. The molecule has 4 nitrogen and oxygen atoms in total. The maximum Gasteiger partial charge on any atom is 0.200 e. The van der Waals surface area contributed by atoms with Gasteiger partial charge in [0, 0.05) is 6.54 Å². The summed E-state index contributed by atoms with van der Waals surface area (Å²) >= 11 is 0. The van der Waals surface area contributed by atoms with Crippen molar-refractivity contribution in [1.82, 2.24) is 4.90 Å². The Labute approximate surface area is 128 Å². The van der Waals surface area contributed by atoms with Crippen molar-refractivity contribution in [1.29, 1.82) is 0 Å². The highest BCUT2D eigenvalue weighted by molar-refractivity contribution is 5.85. The zero-order valence-electron chi connectivity index (χ0n) is 12.8. The maximum atomic E-state index is 9.89. The molecule has 0 heterocycles. The van der Waals surface area contributed by atoms with E-state index >= 15 is 0 Å². The topological polar surface area (TPSA) is 41.9 Å². The number of methoxy groups -OCH3 is 2. The van der Waals surface area contributed by atoms with E-state index in [4.69, 9.17) is 9.47 Å². The van der Waals surface area contributed by atoms with Gasteiger partial charge in [-0.2, -0.15) is 0 Å². The number of halogens is 1. The number of aromatic hydroxyl groups is 1. The zero-order chi connectivity index (χ0) is 14.3. The molecule has 0 unspecified atom stereocenters. The van der Waals surface area contributed by atoms with Gasteiger partial charge in [-0.15, -0.1) is 12.4 Å². The molecule has 116 valence electrons. The van der Waals surface area contributed by atoms with Crippen molar-refractivity contribution >= 4 is 12.4 Å². The number of benzene rings is 1. The average Bonchev–Trinajstić information content (AvgIpc) is 2.41. The van der Waals surface area contributed by atoms with Crippen LogP contribution in [-0.4, -0.2) is 37.3 Å². The first kappa shape index (κ1) is 18.9. The SMILES string of the molecule is CCCN(CCC)Cc1cc(OC)c(O)c(OC)c1.Cl. The summed E-state index contributed by atoms with van der Waals surface area (Å²) in [6.07, 6.45) is 2.26. The molecule has 0 aliphatic carbocycles. The van der Waals surface area contributed by atoms with Crippen molar-refractivity contribution in [2.75, 3.05) is 27.3 Å². The lowest BCUT2D eigenvalue weighted by Crippen LogP contribution is -2.24. The van der Waals surface area contributed by atoms with Gasteiger partial charge in [0.25, 0.3) is 0 Å². The second-order valence-corrected chi connectivity index (χ2v) is 4.63. The quantitative estimate of drug-likeness (QED) is 0.798. The van der Waals surface area contributed by atoms with Crippen LogP contribution in [0.1, 0.15) is 32.3 Å². The van der Waals surface area contributed by atoms with Gasteiger partial charge in [0.2, 0.25) is 5.75 Å². The third-order valence-corrected chi connectivity index (χ3v) is 3.03. The molecule has 1 N–H and O–H groups in total. The van der Waals surface area contributed by atoms with Gasteiger partial charge in [0.1, 0.15) is 0 Å². The monoisotopic (exact) mass is 303 g/mol. The van der Waals surface area contributed by atoms with Gasteiger partial charge in [0.05, 0.1) is 14.2 Å². The van der Waals surface area contributed by atoms with E-state index < -0.39 is 0 Å². The largest absolute Gasteiger partial charge is 0.502 e. The molecule has 0 aromatic heterocycles. The van der Waals surface area contributed by atoms with Crippen molar-refractivity contribution in [3.63, 3.8) is 0 Å². The molecule has 0 amide bonds. The van der Waals surface area contributed by atoms with Crippen LogP contribution in [0.3, 0.4) is 0 Å². The normalized spacial score (nSPS) is 10.2. The molecule has 0 spiro atoms. The number of phenolic OH excluding ortho intramolecular Hbond substituents is 1. The van der Waals surface area contributed by atoms with Crippen LogP contribution in [0.4, 0.5) is 0 Å². The summed E-state index contributed by atoms with van der Waals surface area (Å²) in [6, 6.07) is 3.74. The van der Waals surface area contributed by atoms with Crippen molar-refractivity contribution in [2.45, 2.75) is 33.2 Å². The van der Waals surface area contributed by atoms with Crippen LogP contribution in [0.5, 0.6) is 17.2 Å². The van der Waals surface area contributed by atoms with Gasteiger partial charge in [-0.25, -0.2) is 0 Å². The van der Waals surface area contributed by atoms with E-state index in [2.05, 4.69) is 18.7 Å². The highest BCUT2D eigenvalue weighted by atomic mass is 35.5. The van der Waals surface area contributed by atoms with Gasteiger partial charge in [-0.05, 0) is 43.6 Å². The smallest absolute Gasteiger partial charge is 0.200 e. The molecule has 1 aromatic rings. The summed E-state index contributed by atoms with van der Waals surface area (Å²) in [5.74, 6) is 0.982. The first-order valence-electron chi connectivity index (χ1n) is 6.82. The molecular weight excluding hydrogens is 278 g/mol. The predicted molar refractivity (Wildman–Crippen MR) is 84.3 cm³/mol. The number of hydrogen-bond donors (Lipinski definition) is 1. The Kier molecular flexibility index (Phi) is 9.17. The first-order valence-corrected chi connectivity index (χ1v) is 6.82. The van der Waals surface area contributed by atoms with Crippen LogP contribution < -0.4 is 9.47 Å². The molecule has 0 bridgehead atoms. The Balaban J connectivity index is 0.00000361. The Bertz CT molecular complexity index is 368. The van der Waals surface area contributed by atoms with E-state index in [9.17, 15) is 5.11 Å². The average molecular weight is 304 g/mol. The number of ether oxygens (including phenoxy) is 2. The molecule has 1 aromatic carbocycles. The standard InChI is InChI=1S/C15H25NO3.ClH/c1-5-7-16(8-6-2)11-12-9-13(18-3)15(17)14(10-12)19-4;/h9-10,17H,5-8,11H2,1-4H3;1H. The molecular formula is C15H26ClNO3. The Morgan fingerprint density at radius 2 is 1.45 bits per heavy atom. The molecule has 0 fully saturated rings. The van der Waals surface area contributed by atoms with Crippen molar-refractivity contribution < 1.29 is 14.6 Å². The Morgan fingerprint density at radius 1 is 1.00 bits per heavy atom. The zero-order valence-corrected chi connectivity index (χ0v) is 13.6. The fourth-order valence-corrected chi connectivity index (χ4v) is 2.20. The maximum absolute atomic E-state index is 9.89. The first-order chi connectivity index (χ1) is 9.15.